The molecule has 1 aromatic carbocycles. The topological polar surface area (TPSA) is 35.2 Å². The molecule has 0 spiro atoms. The van der Waals surface area contributed by atoms with Crippen molar-refractivity contribution in [3.05, 3.63) is 29.6 Å². The van der Waals surface area contributed by atoms with Crippen molar-refractivity contribution in [2.24, 2.45) is 11.7 Å². The lowest BCUT2D eigenvalue weighted by Crippen LogP contribution is -2.21. The van der Waals surface area contributed by atoms with Gasteiger partial charge in [0.2, 0.25) is 0 Å². The Morgan fingerprint density at radius 3 is 2.69 bits per heavy atom. The second kappa shape index (κ2) is 4.83. The largest absolute Gasteiger partial charge is 0.496 e. The molecular formula is C13H18FNO. The van der Waals surface area contributed by atoms with Gasteiger partial charge >= 0.3 is 0 Å². The minimum Gasteiger partial charge on any atom is -0.496 e. The average Bonchev–Trinajstić information content (AvgIpc) is 2.81. The smallest absolute Gasteiger partial charge is 0.131 e. The van der Waals surface area contributed by atoms with Gasteiger partial charge in [-0.05, 0) is 30.9 Å². The third kappa shape index (κ3) is 2.05. The summed E-state index contributed by atoms with van der Waals surface area (Å²) in [7, 11) is 1.56. The molecule has 0 amide bonds. The van der Waals surface area contributed by atoms with Gasteiger partial charge in [-0.1, -0.05) is 18.9 Å². The Morgan fingerprint density at radius 1 is 1.38 bits per heavy atom. The summed E-state index contributed by atoms with van der Waals surface area (Å²) < 4.78 is 19.0. The summed E-state index contributed by atoms with van der Waals surface area (Å²) >= 11 is 0. The number of hydrogen-bond donors (Lipinski definition) is 1. The Labute approximate surface area is 95.6 Å². The van der Waals surface area contributed by atoms with E-state index in [0.717, 1.165) is 12.8 Å². The van der Waals surface area contributed by atoms with Gasteiger partial charge in [-0.15, -0.1) is 0 Å². The number of nitrogens with two attached hydrogens (primary N) is 1. The predicted molar refractivity (Wildman–Crippen MR) is 61.8 cm³/mol. The van der Waals surface area contributed by atoms with Crippen molar-refractivity contribution >= 4 is 0 Å². The van der Waals surface area contributed by atoms with E-state index in [2.05, 4.69) is 0 Å². The molecule has 2 N–H and O–H groups in total. The van der Waals surface area contributed by atoms with Crippen LogP contribution in [0.25, 0.3) is 0 Å². The van der Waals surface area contributed by atoms with Crippen LogP contribution in [0.5, 0.6) is 5.75 Å². The van der Waals surface area contributed by atoms with E-state index in [1.54, 1.807) is 19.2 Å². The molecule has 1 atom stereocenters. The van der Waals surface area contributed by atoms with Crippen LogP contribution in [0.1, 0.15) is 37.3 Å². The number of halogens is 1. The Kier molecular flexibility index (Phi) is 3.44. The molecule has 0 radical (unpaired) electrons. The quantitative estimate of drug-likeness (QED) is 0.854. The van der Waals surface area contributed by atoms with Gasteiger partial charge in [-0.3, -0.25) is 0 Å². The van der Waals surface area contributed by atoms with Crippen LogP contribution >= 0.6 is 0 Å². The fourth-order valence-corrected chi connectivity index (χ4v) is 2.57. The van der Waals surface area contributed by atoms with Gasteiger partial charge in [0.15, 0.2) is 0 Å². The second-order valence-corrected chi connectivity index (χ2v) is 4.43. The third-order valence-electron chi connectivity index (χ3n) is 3.47. The summed E-state index contributed by atoms with van der Waals surface area (Å²) in [5, 5.41) is 0. The monoisotopic (exact) mass is 223 g/mol. The van der Waals surface area contributed by atoms with Crippen LogP contribution in [0.4, 0.5) is 4.39 Å². The maximum Gasteiger partial charge on any atom is 0.131 e. The summed E-state index contributed by atoms with van der Waals surface area (Å²) in [6.07, 6.45) is 4.60. The van der Waals surface area contributed by atoms with Crippen LogP contribution in [0.3, 0.4) is 0 Å². The molecule has 0 aliphatic heterocycles. The number of benzene rings is 1. The number of ether oxygens (including phenoxy) is 1. The molecule has 1 unspecified atom stereocenters. The fourth-order valence-electron chi connectivity index (χ4n) is 2.57. The first kappa shape index (κ1) is 11.4. The van der Waals surface area contributed by atoms with Crippen molar-refractivity contribution in [1.82, 2.24) is 0 Å². The zero-order valence-corrected chi connectivity index (χ0v) is 9.58. The maximum absolute atomic E-state index is 13.8. The van der Waals surface area contributed by atoms with Gasteiger partial charge in [0.25, 0.3) is 0 Å². The highest BCUT2D eigenvalue weighted by Gasteiger charge is 2.27. The minimum atomic E-state index is -0.251. The highest BCUT2D eigenvalue weighted by Crippen LogP contribution is 2.38. The van der Waals surface area contributed by atoms with E-state index < -0.39 is 0 Å². The van der Waals surface area contributed by atoms with Crippen molar-refractivity contribution in [3.8, 4) is 5.75 Å². The van der Waals surface area contributed by atoms with E-state index in [9.17, 15) is 4.39 Å². The van der Waals surface area contributed by atoms with Gasteiger partial charge in [-0.25, -0.2) is 4.39 Å². The lowest BCUT2D eigenvalue weighted by atomic mass is 9.91. The Bertz CT molecular complexity index is 361. The first-order valence-electron chi connectivity index (χ1n) is 5.82. The third-order valence-corrected chi connectivity index (χ3v) is 3.47. The molecule has 2 nitrogen and oxygen atoms in total. The number of methoxy groups -OCH3 is 1. The maximum atomic E-state index is 13.8. The molecule has 1 aliphatic rings. The molecule has 0 bridgehead atoms. The van der Waals surface area contributed by atoms with Crippen LogP contribution in [0, 0.1) is 11.7 Å². The highest BCUT2D eigenvalue weighted by molar-refractivity contribution is 5.37. The normalized spacial score (nSPS) is 18.7. The molecule has 2 rings (SSSR count). The minimum absolute atomic E-state index is 0.237. The van der Waals surface area contributed by atoms with Gasteiger partial charge in [0.05, 0.1) is 7.11 Å². The van der Waals surface area contributed by atoms with Crippen molar-refractivity contribution in [2.75, 3.05) is 7.11 Å². The summed E-state index contributed by atoms with van der Waals surface area (Å²) in [5.74, 6) is 0.712. The summed E-state index contributed by atoms with van der Waals surface area (Å²) in [4.78, 5) is 0. The second-order valence-electron chi connectivity index (χ2n) is 4.43. The fraction of sp³-hybridized carbons (Fsp3) is 0.538. The van der Waals surface area contributed by atoms with Crippen molar-refractivity contribution in [3.63, 3.8) is 0 Å². The van der Waals surface area contributed by atoms with Crippen LogP contribution in [0.15, 0.2) is 18.2 Å². The van der Waals surface area contributed by atoms with Gasteiger partial charge in [-0.2, -0.15) is 0 Å². The zero-order valence-electron chi connectivity index (χ0n) is 9.58. The van der Waals surface area contributed by atoms with Gasteiger partial charge < -0.3 is 10.5 Å². The predicted octanol–water partition coefficient (Wildman–Crippen LogP) is 3.02. The molecule has 88 valence electrons. The van der Waals surface area contributed by atoms with Crippen LogP contribution in [0.2, 0.25) is 0 Å². The van der Waals surface area contributed by atoms with E-state index in [1.807, 2.05) is 0 Å². The molecule has 0 heterocycles. The van der Waals surface area contributed by atoms with Crippen LogP contribution in [-0.2, 0) is 0 Å². The van der Waals surface area contributed by atoms with E-state index in [-0.39, 0.29) is 11.9 Å². The molecule has 0 aromatic heterocycles. The van der Waals surface area contributed by atoms with Gasteiger partial charge in [0.1, 0.15) is 11.6 Å². The van der Waals surface area contributed by atoms with Crippen LogP contribution < -0.4 is 10.5 Å². The summed E-state index contributed by atoms with van der Waals surface area (Å²) in [6, 6.07) is 4.64. The molecule has 1 aromatic rings. The molecule has 0 saturated heterocycles. The standard InChI is InChI=1S/C13H18FNO/c1-16-11-8-4-7-10(14)12(11)13(15)9-5-2-3-6-9/h4,7-9,13H,2-3,5-6,15H2,1H3. The lowest BCUT2D eigenvalue weighted by Gasteiger charge is -2.21. The van der Waals surface area contributed by atoms with E-state index in [4.69, 9.17) is 10.5 Å². The summed E-state index contributed by atoms with van der Waals surface area (Å²) in [6.45, 7) is 0. The van der Waals surface area contributed by atoms with Crippen LogP contribution in [-0.4, -0.2) is 7.11 Å². The first-order chi connectivity index (χ1) is 7.74. The van der Waals surface area contributed by atoms with Gasteiger partial charge in [0, 0.05) is 11.6 Å². The van der Waals surface area contributed by atoms with E-state index >= 15 is 0 Å². The number of hydrogen-bond acceptors (Lipinski definition) is 2. The molecule has 3 heteroatoms. The lowest BCUT2D eigenvalue weighted by molar-refractivity contribution is 0.374. The van der Waals surface area contributed by atoms with E-state index in [0.29, 0.717) is 17.2 Å². The Balaban J connectivity index is 2.30. The Hall–Kier alpha value is -1.09. The van der Waals surface area contributed by atoms with Crippen molar-refractivity contribution in [2.45, 2.75) is 31.7 Å². The number of rotatable bonds is 3. The van der Waals surface area contributed by atoms with Crippen molar-refractivity contribution < 1.29 is 9.13 Å². The van der Waals surface area contributed by atoms with E-state index in [1.165, 1.54) is 18.9 Å². The highest BCUT2D eigenvalue weighted by atomic mass is 19.1. The molecule has 1 fully saturated rings. The first-order valence-corrected chi connectivity index (χ1v) is 5.82. The molecule has 16 heavy (non-hydrogen) atoms. The SMILES string of the molecule is COc1cccc(F)c1C(N)C1CCCC1. The average molecular weight is 223 g/mol. The van der Waals surface area contributed by atoms with Crippen molar-refractivity contribution in [1.29, 1.82) is 0 Å². The molecule has 1 saturated carbocycles. The molecular weight excluding hydrogens is 205 g/mol. The summed E-state index contributed by atoms with van der Waals surface area (Å²) in [5.41, 5.74) is 6.70. The molecule has 1 aliphatic carbocycles. The zero-order chi connectivity index (χ0) is 11.5. The Morgan fingerprint density at radius 2 is 2.06 bits per heavy atom.